The summed E-state index contributed by atoms with van der Waals surface area (Å²) >= 11 is 6.29. The van der Waals surface area contributed by atoms with Gasteiger partial charge in [0, 0.05) is 6.61 Å². The van der Waals surface area contributed by atoms with Crippen molar-refractivity contribution in [3.05, 3.63) is 12.2 Å². The minimum absolute atomic E-state index is 0.720. The Labute approximate surface area is 120 Å². The van der Waals surface area contributed by atoms with Crippen LogP contribution in [-0.2, 0) is 4.74 Å². The van der Waals surface area contributed by atoms with E-state index in [0.717, 1.165) is 18.8 Å². The van der Waals surface area contributed by atoms with E-state index in [1.807, 2.05) is 6.92 Å². The van der Waals surface area contributed by atoms with E-state index >= 15 is 0 Å². The van der Waals surface area contributed by atoms with Crippen molar-refractivity contribution in [1.82, 2.24) is 0 Å². The zero-order valence-electron chi connectivity index (χ0n) is 12.6. The number of hydrogen-bond acceptors (Lipinski definition) is 1. The van der Waals surface area contributed by atoms with Gasteiger partial charge in [0.25, 0.3) is 0 Å². The van der Waals surface area contributed by atoms with E-state index in [4.69, 9.17) is 15.8 Å². The lowest BCUT2D eigenvalue weighted by atomic mass is 10.1. The summed E-state index contributed by atoms with van der Waals surface area (Å²) in [5.41, 5.74) is 1.11. The van der Waals surface area contributed by atoms with Gasteiger partial charge in [-0.1, -0.05) is 63.8 Å². The summed E-state index contributed by atoms with van der Waals surface area (Å²) in [6.45, 7) is 11.9. The van der Waals surface area contributed by atoms with Crippen LogP contribution >= 0.6 is 11.1 Å². The SMILES string of the molecule is C=C(C)COCCCCCCCCC[Si](C)(C)Cl. The van der Waals surface area contributed by atoms with Crippen LogP contribution in [0.1, 0.15) is 51.9 Å². The zero-order valence-corrected chi connectivity index (χ0v) is 14.3. The van der Waals surface area contributed by atoms with Crippen LogP contribution in [0.2, 0.25) is 19.1 Å². The molecule has 0 aromatic carbocycles. The molecule has 3 heteroatoms. The minimum atomic E-state index is -1.31. The highest BCUT2D eigenvalue weighted by Crippen LogP contribution is 2.19. The van der Waals surface area contributed by atoms with Crippen LogP contribution in [-0.4, -0.2) is 20.6 Å². The summed E-state index contributed by atoms with van der Waals surface area (Å²) in [5.74, 6) is 0. The van der Waals surface area contributed by atoms with Gasteiger partial charge in [0.05, 0.1) is 6.61 Å². The molecule has 0 radical (unpaired) electrons. The first-order valence-corrected chi connectivity index (χ1v) is 11.5. The Bertz CT molecular complexity index is 211. The maximum absolute atomic E-state index is 6.29. The van der Waals surface area contributed by atoms with Crippen molar-refractivity contribution in [3.8, 4) is 0 Å². The van der Waals surface area contributed by atoms with Gasteiger partial charge in [0.2, 0.25) is 0 Å². The van der Waals surface area contributed by atoms with Crippen molar-refractivity contribution in [1.29, 1.82) is 0 Å². The van der Waals surface area contributed by atoms with Crippen LogP contribution in [0.15, 0.2) is 12.2 Å². The van der Waals surface area contributed by atoms with Gasteiger partial charge in [0.15, 0.2) is 0 Å². The molecule has 1 nitrogen and oxygen atoms in total. The highest BCUT2D eigenvalue weighted by molar-refractivity contribution is 7.19. The molecule has 0 heterocycles. The molecule has 108 valence electrons. The molecule has 0 spiro atoms. The predicted octanol–water partition coefficient (Wildman–Crippen LogP) is 5.75. The first-order chi connectivity index (χ1) is 8.42. The van der Waals surface area contributed by atoms with Gasteiger partial charge in [-0.15, -0.1) is 0 Å². The number of hydrogen-bond donors (Lipinski definition) is 0. The second-order valence-electron chi connectivity index (χ2n) is 5.95. The molecule has 0 N–H and O–H groups in total. The van der Waals surface area contributed by atoms with Crippen LogP contribution in [0.25, 0.3) is 0 Å². The Morgan fingerprint density at radius 3 is 2.00 bits per heavy atom. The summed E-state index contributed by atoms with van der Waals surface area (Å²) in [7, 11) is -1.31. The second kappa shape index (κ2) is 11.1. The van der Waals surface area contributed by atoms with Crippen molar-refractivity contribution in [2.75, 3.05) is 13.2 Å². The van der Waals surface area contributed by atoms with E-state index in [1.54, 1.807) is 0 Å². The summed E-state index contributed by atoms with van der Waals surface area (Å²) < 4.78 is 5.47. The van der Waals surface area contributed by atoms with E-state index in [-0.39, 0.29) is 0 Å². The summed E-state index contributed by atoms with van der Waals surface area (Å²) in [5, 5.41) is 0. The molecule has 0 saturated carbocycles. The van der Waals surface area contributed by atoms with E-state index < -0.39 is 7.38 Å². The third-order valence-corrected chi connectivity index (χ3v) is 5.02. The fourth-order valence-corrected chi connectivity index (χ4v) is 3.37. The normalized spacial score (nSPS) is 11.8. The molecule has 0 saturated heterocycles. The number of unbranched alkanes of at least 4 members (excludes halogenated alkanes) is 6. The molecule has 0 unspecified atom stereocenters. The third-order valence-electron chi connectivity index (χ3n) is 2.91. The molecule has 0 aromatic heterocycles. The molecule has 0 aromatic rings. The average molecular weight is 291 g/mol. The van der Waals surface area contributed by atoms with Crippen molar-refractivity contribution >= 4 is 18.5 Å². The molecule has 0 fully saturated rings. The zero-order chi connectivity index (χ0) is 13.9. The molecule has 0 aliphatic carbocycles. The van der Waals surface area contributed by atoms with Gasteiger partial charge >= 0.3 is 0 Å². The number of halogens is 1. The van der Waals surface area contributed by atoms with Gasteiger partial charge in [-0.25, -0.2) is 0 Å². The highest BCUT2D eigenvalue weighted by Gasteiger charge is 2.15. The molecular formula is C15H31ClOSi. The van der Waals surface area contributed by atoms with Crippen molar-refractivity contribution in [2.24, 2.45) is 0 Å². The monoisotopic (exact) mass is 290 g/mol. The molecule has 0 rings (SSSR count). The Hall–Kier alpha value is 0.207. The second-order valence-corrected chi connectivity index (χ2v) is 13.0. The molecule has 0 aliphatic rings. The van der Waals surface area contributed by atoms with Crippen molar-refractivity contribution in [2.45, 2.75) is 71.0 Å². The summed E-state index contributed by atoms with van der Waals surface area (Å²) in [4.78, 5) is 0. The van der Waals surface area contributed by atoms with E-state index in [2.05, 4.69) is 19.7 Å². The molecule has 18 heavy (non-hydrogen) atoms. The number of rotatable bonds is 12. The topological polar surface area (TPSA) is 9.23 Å². The third kappa shape index (κ3) is 16.2. The Kier molecular flexibility index (Phi) is 11.2. The van der Waals surface area contributed by atoms with Gasteiger partial charge in [-0.05, 0) is 19.4 Å². The largest absolute Gasteiger partial charge is 0.377 e. The van der Waals surface area contributed by atoms with Crippen LogP contribution in [0.5, 0.6) is 0 Å². The molecular weight excluding hydrogens is 260 g/mol. The Morgan fingerprint density at radius 2 is 1.50 bits per heavy atom. The standard InChI is InChI=1S/C15H31ClOSi/c1-15(2)14-17-12-10-8-6-5-7-9-11-13-18(3,4)16/h1,5-14H2,2-4H3. The van der Waals surface area contributed by atoms with E-state index in [1.165, 1.54) is 51.0 Å². The lowest BCUT2D eigenvalue weighted by Gasteiger charge is -2.11. The first-order valence-electron chi connectivity index (χ1n) is 7.33. The van der Waals surface area contributed by atoms with E-state index in [0.29, 0.717) is 0 Å². The maximum Gasteiger partial charge on any atom is 0.150 e. The first kappa shape index (κ1) is 18.2. The van der Waals surface area contributed by atoms with Crippen LogP contribution in [0.4, 0.5) is 0 Å². The van der Waals surface area contributed by atoms with Crippen LogP contribution < -0.4 is 0 Å². The molecule has 0 aliphatic heterocycles. The lowest BCUT2D eigenvalue weighted by molar-refractivity contribution is 0.151. The Balaban J connectivity index is 3.06. The fraction of sp³-hybridized carbons (Fsp3) is 0.867. The predicted molar refractivity (Wildman–Crippen MR) is 86.1 cm³/mol. The molecule has 0 bridgehead atoms. The Morgan fingerprint density at radius 1 is 1.00 bits per heavy atom. The van der Waals surface area contributed by atoms with Gasteiger partial charge in [-0.3, -0.25) is 0 Å². The summed E-state index contributed by atoms with van der Waals surface area (Å²) in [6, 6.07) is 1.27. The average Bonchev–Trinajstić information content (AvgIpc) is 2.24. The molecule has 0 amide bonds. The van der Waals surface area contributed by atoms with Gasteiger partial charge in [0.1, 0.15) is 7.38 Å². The highest BCUT2D eigenvalue weighted by atomic mass is 35.6. The van der Waals surface area contributed by atoms with Gasteiger partial charge < -0.3 is 4.74 Å². The van der Waals surface area contributed by atoms with Gasteiger partial charge in [-0.2, -0.15) is 11.1 Å². The smallest absolute Gasteiger partial charge is 0.150 e. The van der Waals surface area contributed by atoms with Crippen molar-refractivity contribution in [3.63, 3.8) is 0 Å². The van der Waals surface area contributed by atoms with Crippen LogP contribution in [0, 0.1) is 0 Å². The van der Waals surface area contributed by atoms with E-state index in [9.17, 15) is 0 Å². The fourth-order valence-electron chi connectivity index (χ4n) is 1.88. The lowest BCUT2D eigenvalue weighted by Crippen LogP contribution is -2.14. The van der Waals surface area contributed by atoms with Crippen molar-refractivity contribution < 1.29 is 4.74 Å². The number of ether oxygens (including phenoxy) is 1. The molecule has 0 atom stereocenters. The minimum Gasteiger partial charge on any atom is -0.377 e. The maximum atomic E-state index is 6.29. The quantitative estimate of drug-likeness (QED) is 0.192. The van der Waals surface area contributed by atoms with Crippen LogP contribution in [0.3, 0.4) is 0 Å². The summed E-state index contributed by atoms with van der Waals surface area (Å²) in [6.07, 6.45) is 9.25.